The van der Waals surface area contributed by atoms with Gasteiger partial charge >= 0.3 is 0 Å². The van der Waals surface area contributed by atoms with Crippen LogP contribution in [0.3, 0.4) is 0 Å². The molecule has 0 unspecified atom stereocenters. The number of hydrogen-bond donors (Lipinski definition) is 1. The molecule has 0 heterocycles. The maximum absolute atomic E-state index is 11.1. The fourth-order valence-corrected chi connectivity index (χ4v) is 1.09. The predicted octanol–water partition coefficient (Wildman–Crippen LogP) is 1.27. The van der Waals surface area contributed by atoms with Gasteiger partial charge in [-0.1, -0.05) is 0 Å². The molecule has 1 N–H and O–H groups in total. The van der Waals surface area contributed by atoms with E-state index in [1.807, 2.05) is 0 Å². The Morgan fingerprint density at radius 3 is 2.35 bits per heavy atom. The van der Waals surface area contributed by atoms with Gasteiger partial charge in [0.15, 0.2) is 0 Å². The highest BCUT2D eigenvalue weighted by atomic mass is 16.6. The number of nitrogens with one attached hydrogen (secondary N) is 1. The van der Waals surface area contributed by atoms with E-state index in [0.29, 0.717) is 5.56 Å². The van der Waals surface area contributed by atoms with Gasteiger partial charge in [-0.25, -0.2) is 0 Å². The third-order valence-electron chi connectivity index (χ3n) is 1.83. The number of rotatable bonds is 3. The van der Waals surface area contributed by atoms with Gasteiger partial charge < -0.3 is 0 Å². The molecule has 0 saturated heterocycles. The molecule has 0 aliphatic carbocycles. The van der Waals surface area contributed by atoms with Gasteiger partial charge in [-0.3, -0.25) is 25.0 Å². The second-order valence-electron chi connectivity index (χ2n) is 3.23. The van der Waals surface area contributed by atoms with Crippen molar-refractivity contribution in [3.05, 3.63) is 46.0 Å². The van der Waals surface area contributed by atoms with E-state index in [1.165, 1.54) is 43.3 Å². The van der Waals surface area contributed by atoms with Crippen molar-refractivity contribution in [2.45, 2.75) is 6.92 Å². The van der Waals surface area contributed by atoms with Gasteiger partial charge in [0.05, 0.1) is 4.92 Å². The van der Waals surface area contributed by atoms with Gasteiger partial charge in [-0.15, -0.1) is 0 Å². The molecule has 0 aromatic heterocycles. The number of nitro benzene ring substituents is 1. The molecule has 0 atom stereocenters. The van der Waals surface area contributed by atoms with E-state index in [-0.39, 0.29) is 5.69 Å². The minimum Gasteiger partial charge on any atom is -0.293 e. The van der Waals surface area contributed by atoms with Crippen LogP contribution in [-0.4, -0.2) is 16.7 Å². The third kappa shape index (κ3) is 4.25. The van der Waals surface area contributed by atoms with Gasteiger partial charge in [0.25, 0.3) is 11.6 Å². The fourth-order valence-electron chi connectivity index (χ4n) is 1.09. The summed E-state index contributed by atoms with van der Waals surface area (Å²) in [6.07, 6.45) is 2.64. The van der Waals surface area contributed by atoms with Crippen LogP contribution in [0.25, 0.3) is 6.08 Å². The van der Waals surface area contributed by atoms with E-state index < -0.39 is 16.7 Å². The lowest BCUT2D eigenvalue weighted by atomic mass is 10.2. The summed E-state index contributed by atoms with van der Waals surface area (Å²) < 4.78 is 0. The maximum Gasteiger partial charge on any atom is 0.269 e. The zero-order chi connectivity index (χ0) is 12.8. The number of nitro groups is 1. The lowest BCUT2D eigenvalue weighted by molar-refractivity contribution is -0.384. The molecule has 6 nitrogen and oxygen atoms in total. The van der Waals surface area contributed by atoms with Crippen LogP contribution < -0.4 is 5.32 Å². The Balaban J connectivity index is 2.69. The average Bonchev–Trinajstić information content (AvgIpc) is 2.26. The van der Waals surface area contributed by atoms with Crippen LogP contribution in [-0.2, 0) is 9.59 Å². The van der Waals surface area contributed by atoms with Crippen LogP contribution in [0.2, 0.25) is 0 Å². The number of carbonyl (C=O) groups excluding carboxylic acids is 2. The Morgan fingerprint density at radius 2 is 1.88 bits per heavy atom. The summed E-state index contributed by atoms with van der Waals surface area (Å²) in [5.41, 5.74) is 0.615. The Labute approximate surface area is 97.1 Å². The Morgan fingerprint density at radius 1 is 1.29 bits per heavy atom. The van der Waals surface area contributed by atoms with Crippen molar-refractivity contribution >= 4 is 23.6 Å². The van der Waals surface area contributed by atoms with Crippen LogP contribution >= 0.6 is 0 Å². The monoisotopic (exact) mass is 234 g/mol. The van der Waals surface area contributed by atoms with Gasteiger partial charge in [-0.2, -0.15) is 0 Å². The van der Waals surface area contributed by atoms with E-state index in [4.69, 9.17) is 0 Å². The number of amides is 2. The van der Waals surface area contributed by atoms with E-state index in [0.717, 1.165) is 0 Å². The van der Waals surface area contributed by atoms with E-state index in [1.54, 1.807) is 0 Å². The lowest BCUT2D eigenvalue weighted by Crippen LogP contribution is -2.25. The van der Waals surface area contributed by atoms with Crippen LogP contribution in [0.1, 0.15) is 12.5 Å². The molecule has 6 heteroatoms. The van der Waals surface area contributed by atoms with Gasteiger partial charge in [0.1, 0.15) is 0 Å². The van der Waals surface area contributed by atoms with E-state index in [9.17, 15) is 19.7 Å². The third-order valence-corrected chi connectivity index (χ3v) is 1.83. The molecule has 88 valence electrons. The minimum absolute atomic E-state index is 0.0182. The maximum atomic E-state index is 11.1. The molecule has 0 aliphatic heterocycles. The predicted molar refractivity (Wildman–Crippen MR) is 61.0 cm³/mol. The van der Waals surface area contributed by atoms with Crippen molar-refractivity contribution in [3.8, 4) is 0 Å². The highest BCUT2D eigenvalue weighted by Gasteiger charge is 2.02. The first kappa shape index (κ1) is 12.6. The molecule has 2 amide bonds. The Bertz CT molecular complexity index is 477. The smallest absolute Gasteiger partial charge is 0.269 e. The quantitative estimate of drug-likeness (QED) is 0.484. The van der Waals surface area contributed by atoms with Crippen molar-refractivity contribution in [3.63, 3.8) is 0 Å². The number of non-ortho nitro benzene ring substituents is 1. The molecule has 1 aromatic rings. The largest absolute Gasteiger partial charge is 0.293 e. The normalized spacial score (nSPS) is 10.2. The molecule has 0 radical (unpaired) electrons. The van der Waals surface area contributed by atoms with E-state index >= 15 is 0 Å². The molecule has 1 rings (SSSR count). The first-order valence-corrected chi connectivity index (χ1v) is 4.73. The first-order chi connectivity index (χ1) is 7.99. The van der Waals surface area contributed by atoms with Crippen molar-refractivity contribution in [1.29, 1.82) is 0 Å². The SMILES string of the molecule is CC(=O)NC(=O)C=Cc1ccc([N+](=O)[O-])cc1. The van der Waals surface area contributed by atoms with Gasteiger partial charge in [0.2, 0.25) is 5.91 Å². The topological polar surface area (TPSA) is 89.3 Å². The number of benzene rings is 1. The van der Waals surface area contributed by atoms with Crippen molar-refractivity contribution in [2.24, 2.45) is 0 Å². The van der Waals surface area contributed by atoms with Crippen molar-refractivity contribution in [1.82, 2.24) is 5.32 Å². The molecule has 0 saturated carbocycles. The summed E-state index contributed by atoms with van der Waals surface area (Å²) in [5, 5.41) is 12.5. The van der Waals surface area contributed by atoms with Crippen LogP contribution in [0.15, 0.2) is 30.3 Å². The minimum atomic E-state index is -0.532. The number of nitrogens with zero attached hydrogens (tertiary/aromatic N) is 1. The number of hydrogen-bond acceptors (Lipinski definition) is 4. The highest BCUT2D eigenvalue weighted by Crippen LogP contribution is 2.12. The molecule has 17 heavy (non-hydrogen) atoms. The Hall–Kier alpha value is -2.50. The zero-order valence-corrected chi connectivity index (χ0v) is 9.04. The molecule has 1 aromatic carbocycles. The average molecular weight is 234 g/mol. The molecular formula is C11H10N2O4. The molecule has 0 bridgehead atoms. The van der Waals surface area contributed by atoms with Gasteiger partial charge in [-0.05, 0) is 23.8 Å². The van der Waals surface area contributed by atoms with Crippen LogP contribution in [0.4, 0.5) is 5.69 Å². The summed E-state index contributed by atoms with van der Waals surface area (Å²) in [6, 6.07) is 5.69. The van der Waals surface area contributed by atoms with Crippen molar-refractivity contribution in [2.75, 3.05) is 0 Å². The molecule has 0 aliphatic rings. The van der Waals surface area contributed by atoms with Crippen LogP contribution in [0, 0.1) is 10.1 Å². The molecule has 0 fully saturated rings. The van der Waals surface area contributed by atoms with E-state index in [2.05, 4.69) is 5.32 Å². The Kier molecular flexibility index (Phi) is 4.10. The second-order valence-corrected chi connectivity index (χ2v) is 3.23. The molecular weight excluding hydrogens is 224 g/mol. The van der Waals surface area contributed by atoms with Gasteiger partial charge in [0, 0.05) is 25.1 Å². The molecule has 0 spiro atoms. The highest BCUT2D eigenvalue weighted by molar-refractivity contribution is 6.02. The summed E-state index contributed by atoms with van der Waals surface area (Å²) in [5.74, 6) is -0.973. The fraction of sp³-hybridized carbons (Fsp3) is 0.0909. The summed E-state index contributed by atoms with van der Waals surface area (Å²) in [7, 11) is 0. The summed E-state index contributed by atoms with van der Waals surface area (Å²) in [6.45, 7) is 1.23. The zero-order valence-electron chi connectivity index (χ0n) is 9.04. The second kappa shape index (κ2) is 5.55. The number of carbonyl (C=O) groups is 2. The number of imide groups is 1. The lowest BCUT2D eigenvalue weighted by Gasteiger charge is -1.95. The van der Waals surface area contributed by atoms with Crippen LogP contribution in [0.5, 0.6) is 0 Å². The van der Waals surface area contributed by atoms with Crippen molar-refractivity contribution < 1.29 is 14.5 Å². The summed E-state index contributed by atoms with van der Waals surface area (Å²) >= 11 is 0. The summed E-state index contributed by atoms with van der Waals surface area (Å²) in [4.78, 5) is 31.5. The standard InChI is InChI=1S/C11H10N2O4/c1-8(14)12-11(15)7-4-9-2-5-10(6-3-9)13(16)17/h2-7H,1H3,(H,12,14,15). The first-order valence-electron chi connectivity index (χ1n) is 4.73.